The van der Waals surface area contributed by atoms with Crippen molar-refractivity contribution in [3.05, 3.63) is 53.3 Å². The Labute approximate surface area is 153 Å². The topological polar surface area (TPSA) is 78.5 Å². The molecule has 2 aliphatic rings. The number of rotatable bonds is 4. The molecule has 2 aromatic rings. The van der Waals surface area contributed by atoms with Crippen LogP contribution in [0.15, 0.2) is 36.5 Å². The largest absolute Gasteiger partial charge is 0.395 e. The predicted molar refractivity (Wildman–Crippen MR) is 97.1 cm³/mol. The van der Waals surface area contributed by atoms with E-state index in [0.717, 1.165) is 43.7 Å². The molecule has 2 saturated heterocycles. The summed E-state index contributed by atoms with van der Waals surface area (Å²) in [6.07, 6.45) is 4.23. The van der Waals surface area contributed by atoms with Crippen LogP contribution in [0.25, 0.3) is 0 Å². The van der Waals surface area contributed by atoms with Gasteiger partial charge in [-0.05, 0) is 24.8 Å². The van der Waals surface area contributed by atoms with Crippen LogP contribution in [0.4, 0.5) is 0 Å². The van der Waals surface area contributed by atoms with Crippen molar-refractivity contribution in [1.29, 1.82) is 0 Å². The molecule has 2 aliphatic heterocycles. The summed E-state index contributed by atoms with van der Waals surface area (Å²) < 4.78 is 5.43. The molecule has 0 aliphatic carbocycles. The van der Waals surface area contributed by atoms with E-state index in [1.165, 1.54) is 0 Å². The fourth-order valence-electron chi connectivity index (χ4n) is 4.23. The fraction of sp³-hybridized carbons (Fsp3) is 0.500. The summed E-state index contributed by atoms with van der Waals surface area (Å²) in [5, 5.41) is 17.3. The maximum atomic E-state index is 13.2. The molecule has 138 valence electrons. The molecule has 0 spiro atoms. The van der Waals surface area contributed by atoms with Gasteiger partial charge in [-0.3, -0.25) is 9.89 Å². The first-order valence-electron chi connectivity index (χ1n) is 9.30. The van der Waals surface area contributed by atoms with Crippen molar-refractivity contribution in [1.82, 2.24) is 15.1 Å². The Kier molecular flexibility index (Phi) is 4.78. The van der Waals surface area contributed by atoms with Gasteiger partial charge in [-0.1, -0.05) is 30.3 Å². The summed E-state index contributed by atoms with van der Waals surface area (Å²) in [6.45, 7) is 2.67. The molecule has 6 nitrogen and oxygen atoms in total. The van der Waals surface area contributed by atoms with Crippen LogP contribution in [0.3, 0.4) is 0 Å². The molecule has 2 fully saturated rings. The average molecular weight is 355 g/mol. The van der Waals surface area contributed by atoms with Gasteiger partial charge in [0.25, 0.3) is 5.91 Å². The number of aromatic nitrogens is 2. The highest BCUT2D eigenvalue weighted by molar-refractivity contribution is 5.95. The lowest BCUT2D eigenvalue weighted by Crippen LogP contribution is -2.37. The minimum absolute atomic E-state index is 0.00602. The second-order valence-electron chi connectivity index (χ2n) is 7.37. The number of nitrogens with one attached hydrogen (secondary N) is 1. The molecule has 0 bridgehead atoms. The number of amides is 1. The number of carbonyl (C=O) groups is 1. The molecular weight excluding hydrogens is 330 g/mol. The highest BCUT2D eigenvalue weighted by atomic mass is 16.5. The number of benzene rings is 1. The van der Waals surface area contributed by atoms with Crippen molar-refractivity contribution in [2.24, 2.45) is 0 Å². The van der Waals surface area contributed by atoms with Crippen LogP contribution in [-0.4, -0.2) is 59.0 Å². The molecule has 4 rings (SSSR count). The zero-order valence-corrected chi connectivity index (χ0v) is 14.9. The van der Waals surface area contributed by atoms with E-state index in [-0.39, 0.29) is 17.9 Å². The quantitative estimate of drug-likeness (QED) is 0.880. The van der Waals surface area contributed by atoms with Crippen molar-refractivity contribution in [3.63, 3.8) is 0 Å². The highest BCUT2D eigenvalue weighted by Crippen LogP contribution is 2.36. The Hall–Kier alpha value is -2.18. The molecule has 1 amide bonds. The number of H-pyrrole nitrogens is 1. The van der Waals surface area contributed by atoms with E-state index in [1.54, 1.807) is 6.20 Å². The summed E-state index contributed by atoms with van der Waals surface area (Å²) in [5.41, 5.74) is 2.31. The van der Waals surface area contributed by atoms with Gasteiger partial charge in [0.1, 0.15) is 0 Å². The predicted octanol–water partition coefficient (Wildman–Crippen LogP) is 2.08. The summed E-state index contributed by atoms with van der Waals surface area (Å²) >= 11 is 0. The first kappa shape index (κ1) is 17.2. The van der Waals surface area contributed by atoms with Gasteiger partial charge in [-0.25, -0.2) is 0 Å². The van der Waals surface area contributed by atoms with E-state index in [1.807, 2.05) is 35.2 Å². The number of carbonyl (C=O) groups excluding carboxylic acids is 1. The van der Waals surface area contributed by atoms with E-state index in [0.29, 0.717) is 24.6 Å². The summed E-state index contributed by atoms with van der Waals surface area (Å²) in [5.74, 6) is 0.302. The van der Waals surface area contributed by atoms with Crippen LogP contribution in [0.2, 0.25) is 0 Å². The number of likely N-dealkylation sites (tertiary alicyclic amines) is 1. The van der Waals surface area contributed by atoms with Crippen LogP contribution < -0.4 is 0 Å². The van der Waals surface area contributed by atoms with Crippen molar-refractivity contribution in [2.75, 3.05) is 32.9 Å². The van der Waals surface area contributed by atoms with Gasteiger partial charge in [0, 0.05) is 37.6 Å². The van der Waals surface area contributed by atoms with Crippen molar-refractivity contribution >= 4 is 5.91 Å². The maximum Gasteiger partial charge on any atom is 0.257 e. The number of hydrogen-bond donors (Lipinski definition) is 2. The molecule has 1 unspecified atom stereocenters. The molecule has 6 heteroatoms. The normalized spacial score (nSPS) is 24.1. The monoisotopic (exact) mass is 355 g/mol. The summed E-state index contributed by atoms with van der Waals surface area (Å²) in [4.78, 5) is 15.0. The van der Waals surface area contributed by atoms with E-state index in [9.17, 15) is 9.90 Å². The van der Waals surface area contributed by atoms with Gasteiger partial charge < -0.3 is 14.7 Å². The third-order valence-electron chi connectivity index (χ3n) is 5.86. The highest BCUT2D eigenvalue weighted by Gasteiger charge is 2.41. The molecule has 26 heavy (non-hydrogen) atoms. The molecule has 1 aromatic heterocycles. The number of ether oxygens (including phenoxy) is 1. The summed E-state index contributed by atoms with van der Waals surface area (Å²) in [7, 11) is 0. The number of hydrogen-bond acceptors (Lipinski definition) is 4. The first-order valence-corrected chi connectivity index (χ1v) is 9.30. The van der Waals surface area contributed by atoms with E-state index in [2.05, 4.69) is 10.2 Å². The van der Waals surface area contributed by atoms with Crippen LogP contribution in [0.5, 0.6) is 0 Å². The third kappa shape index (κ3) is 3.04. The van der Waals surface area contributed by atoms with Gasteiger partial charge in [0.05, 0.1) is 24.1 Å². The molecule has 0 saturated carbocycles. The lowest BCUT2D eigenvalue weighted by Gasteiger charge is -2.28. The van der Waals surface area contributed by atoms with Crippen LogP contribution >= 0.6 is 0 Å². The van der Waals surface area contributed by atoms with Gasteiger partial charge in [0.2, 0.25) is 0 Å². The molecule has 3 heterocycles. The number of aliphatic hydroxyl groups is 1. The van der Waals surface area contributed by atoms with Gasteiger partial charge in [-0.2, -0.15) is 5.10 Å². The SMILES string of the molecule is O=C(c1cn[nH]c1C1CCOCC1)N1CCC(CO)(c2ccccc2)C1. The molecule has 1 aromatic carbocycles. The minimum Gasteiger partial charge on any atom is -0.395 e. The smallest absolute Gasteiger partial charge is 0.257 e. The third-order valence-corrected chi connectivity index (χ3v) is 5.86. The van der Waals surface area contributed by atoms with E-state index < -0.39 is 0 Å². The van der Waals surface area contributed by atoms with Crippen molar-refractivity contribution in [3.8, 4) is 0 Å². The van der Waals surface area contributed by atoms with Crippen LogP contribution in [0.1, 0.15) is 46.8 Å². The number of aliphatic hydroxyl groups excluding tert-OH is 1. The van der Waals surface area contributed by atoms with Crippen molar-refractivity contribution < 1.29 is 14.6 Å². The maximum absolute atomic E-state index is 13.2. The number of nitrogens with zero attached hydrogens (tertiary/aromatic N) is 2. The lowest BCUT2D eigenvalue weighted by molar-refractivity contribution is 0.0755. The molecular formula is C20H25N3O3. The van der Waals surface area contributed by atoms with E-state index >= 15 is 0 Å². The Balaban J connectivity index is 1.54. The van der Waals surface area contributed by atoms with Crippen LogP contribution in [0, 0.1) is 0 Å². The molecule has 1 atom stereocenters. The minimum atomic E-state index is -0.375. The lowest BCUT2D eigenvalue weighted by atomic mass is 9.80. The Bertz CT molecular complexity index is 755. The summed E-state index contributed by atoms with van der Waals surface area (Å²) in [6, 6.07) is 10.0. The van der Waals surface area contributed by atoms with Crippen molar-refractivity contribution in [2.45, 2.75) is 30.6 Å². The zero-order valence-electron chi connectivity index (χ0n) is 14.9. The fourth-order valence-corrected chi connectivity index (χ4v) is 4.23. The Morgan fingerprint density at radius 1 is 1.31 bits per heavy atom. The van der Waals surface area contributed by atoms with E-state index in [4.69, 9.17) is 4.74 Å². The average Bonchev–Trinajstić information content (AvgIpc) is 3.37. The van der Waals surface area contributed by atoms with Gasteiger partial charge >= 0.3 is 0 Å². The van der Waals surface area contributed by atoms with Gasteiger partial charge in [-0.15, -0.1) is 0 Å². The second kappa shape index (κ2) is 7.21. The molecule has 2 N–H and O–H groups in total. The number of aromatic amines is 1. The molecule has 0 radical (unpaired) electrons. The van der Waals surface area contributed by atoms with Crippen LogP contribution in [-0.2, 0) is 10.2 Å². The first-order chi connectivity index (χ1) is 12.7. The standard InChI is InChI=1S/C20H25N3O3/c24-14-20(16-4-2-1-3-5-16)8-9-23(13-20)19(25)17-12-21-22-18(17)15-6-10-26-11-7-15/h1-5,12,15,24H,6-11,13-14H2,(H,21,22). The zero-order chi connectivity index (χ0) is 18.0. The van der Waals surface area contributed by atoms with Gasteiger partial charge in [0.15, 0.2) is 0 Å². The Morgan fingerprint density at radius 2 is 2.08 bits per heavy atom. The Morgan fingerprint density at radius 3 is 2.81 bits per heavy atom. The second-order valence-corrected chi connectivity index (χ2v) is 7.37.